The second kappa shape index (κ2) is 5.22. The van der Waals surface area contributed by atoms with E-state index < -0.39 is 6.36 Å². The topological polar surface area (TPSA) is 35.2 Å². The van der Waals surface area contributed by atoms with Gasteiger partial charge in [-0.1, -0.05) is 12.1 Å². The molecule has 2 aromatic rings. The molecule has 0 saturated heterocycles. The van der Waals surface area contributed by atoms with Crippen molar-refractivity contribution in [2.75, 3.05) is 0 Å². The Hall–Kier alpha value is -1.53. The molecule has 0 aliphatic heterocycles. The first-order chi connectivity index (χ1) is 8.87. The highest BCUT2D eigenvalue weighted by molar-refractivity contribution is 7.10. The minimum atomic E-state index is -4.67. The molecular weight excluding hydrogens is 275 g/mol. The van der Waals surface area contributed by atoms with Gasteiger partial charge in [0.2, 0.25) is 0 Å². The van der Waals surface area contributed by atoms with Gasteiger partial charge in [0.25, 0.3) is 0 Å². The number of halogens is 3. The quantitative estimate of drug-likeness (QED) is 0.926. The molecule has 1 aromatic carbocycles. The molecule has 0 bridgehead atoms. The molecule has 1 heterocycles. The lowest BCUT2D eigenvalue weighted by Crippen LogP contribution is -2.17. The van der Waals surface area contributed by atoms with E-state index >= 15 is 0 Å². The minimum Gasteiger partial charge on any atom is -0.406 e. The summed E-state index contributed by atoms with van der Waals surface area (Å²) in [5.41, 5.74) is 7.91. The summed E-state index contributed by atoms with van der Waals surface area (Å²) in [7, 11) is 0. The molecule has 0 radical (unpaired) electrons. The number of hydrogen-bond acceptors (Lipinski definition) is 3. The van der Waals surface area contributed by atoms with E-state index in [1.165, 1.54) is 23.5 Å². The highest BCUT2D eigenvalue weighted by Gasteiger charge is 2.31. The molecule has 2 N–H and O–H groups in total. The first kappa shape index (κ1) is 13.9. The lowest BCUT2D eigenvalue weighted by molar-refractivity contribution is -0.274. The zero-order valence-corrected chi connectivity index (χ0v) is 10.9. The summed E-state index contributed by atoms with van der Waals surface area (Å²) in [6, 6.07) is 7.26. The van der Waals surface area contributed by atoms with Crippen molar-refractivity contribution < 1.29 is 17.9 Å². The summed E-state index contributed by atoms with van der Waals surface area (Å²) in [6.45, 7) is 1.95. The molecule has 0 aliphatic carbocycles. The first-order valence-corrected chi connectivity index (χ1v) is 6.40. The Morgan fingerprint density at radius 2 is 1.79 bits per heavy atom. The van der Waals surface area contributed by atoms with E-state index in [0.29, 0.717) is 0 Å². The third-order valence-electron chi connectivity index (χ3n) is 2.66. The van der Waals surface area contributed by atoms with Crippen LogP contribution in [-0.4, -0.2) is 6.36 Å². The van der Waals surface area contributed by atoms with Gasteiger partial charge in [-0.2, -0.15) is 0 Å². The molecule has 0 unspecified atom stereocenters. The highest BCUT2D eigenvalue weighted by atomic mass is 32.1. The second-order valence-electron chi connectivity index (χ2n) is 4.06. The smallest absolute Gasteiger partial charge is 0.406 e. The molecule has 19 heavy (non-hydrogen) atoms. The predicted molar refractivity (Wildman–Crippen MR) is 68.2 cm³/mol. The fourth-order valence-electron chi connectivity index (χ4n) is 1.73. The van der Waals surface area contributed by atoms with Gasteiger partial charge in [-0.15, -0.1) is 24.5 Å². The van der Waals surface area contributed by atoms with Gasteiger partial charge in [-0.05, 0) is 41.6 Å². The fraction of sp³-hybridized carbons (Fsp3) is 0.231. The number of thiophene rings is 1. The van der Waals surface area contributed by atoms with Crippen LogP contribution in [0.15, 0.2) is 35.7 Å². The third-order valence-corrected chi connectivity index (χ3v) is 3.76. The number of ether oxygens (including phenoxy) is 1. The molecular formula is C13H12F3NOS. The van der Waals surface area contributed by atoms with E-state index in [9.17, 15) is 13.2 Å². The normalized spacial score (nSPS) is 13.3. The van der Waals surface area contributed by atoms with Crippen LogP contribution in [0.2, 0.25) is 0 Å². The van der Waals surface area contributed by atoms with Gasteiger partial charge >= 0.3 is 6.36 Å². The summed E-state index contributed by atoms with van der Waals surface area (Å²) in [5.74, 6) is -0.244. The molecule has 0 spiro atoms. The summed E-state index contributed by atoms with van der Waals surface area (Å²) < 4.78 is 39.9. The van der Waals surface area contributed by atoms with Crippen LogP contribution >= 0.6 is 11.3 Å². The van der Waals surface area contributed by atoms with Crippen molar-refractivity contribution in [2.45, 2.75) is 19.3 Å². The van der Waals surface area contributed by atoms with E-state index in [1.807, 2.05) is 18.4 Å². The fourth-order valence-corrected chi connectivity index (χ4v) is 2.69. The average molecular weight is 287 g/mol. The van der Waals surface area contributed by atoms with E-state index in [-0.39, 0.29) is 11.8 Å². The molecule has 2 nitrogen and oxygen atoms in total. The van der Waals surface area contributed by atoms with Gasteiger partial charge in [0.15, 0.2) is 0 Å². The van der Waals surface area contributed by atoms with Crippen molar-refractivity contribution in [2.24, 2.45) is 5.73 Å². The predicted octanol–water partition coefficient (Wildman–Crippen LogP) is 4.00. The van der Waals surface area contributed by atoms with Crippen molar-refractivity contribution in [1.29, 1.82) is 0 Å². The van der Waals surface area contributed by atoms with E-state index in [0.717, 1.165) is 16.0 Å². The molecule has 1 aromatic heterocycles. The molecule has 102 valence electrons. The highest BCUT2D eigenvalue weighted by Crippen LogP contribution is 2.29. The molecule has 0 saturated carbocycles. The second-order valence-corrected chi connectivity index (χ2v) is 5.01. The summed E-state index contributed by atoms with van der Waals surface area (Å²) >= 11 is 1.53. The van der Waals surface area contributed by atoms with E-state index in [2.05, 4.69) is 4.74 Å². The molecule has 0 fully saturated rings. The van der Waals surface area contributed by atoms with Crippen molar-refractivity contribution in [3.8, 4) is 5.75 Å². The van der Waals surface area contributed by atoms with Crippen LogP contribution in [0.4, 0.5) is 13.2 Å². The van der Waals surface area contributed by atoms with Crippen LogP contribution in [0, 0.1) is 6.92 Å². The Morgan fingerprint density at radius 3 is 2.26 bits per heavy atom. The Labute approximate surface area is 112 Å². The molecule has 0 aliphatic rings. The third kappa shape index (κ3) is 3.48. The maximum atomic E-state index is 12.0. The largest absolute Gasteiger partial charge is 0.573 e. The van der Waals surface area contributed by atoms with Gasteiger partial charge in [0.05, 0.1) is 6.04 Å². The molecule has 6 heteroatoms. The Bertz CT molecular complexity index is 548. The zero-order valence-electron chi connectivity index (χ0n) is 10.1. The Balaban J connectivity index is 2.17. The number of nitrogens with two attached hydrogens (primary N) is 1. The maximum Gasteiger partial charge on any atom is 0.573 e. The van der Waals surface area contributed by atoms with Crippen LogP contribution in [0.5, 0.6) is 5.75 Å². The number of alkyl halides is 3. The number of hydrogen-bond donors (Lipinski definition) is 1. The average Bonchev–Trinajstić information content (AvgIpc) is 2.73. The van der Waals surface area contributed by atoms with Gasteiger partial charge in [0, 0.05) is 4.88 Å². The number of benzene rings is 1. The van der Waals surface area contributed by atoms with E-state index in [4.69, 9.17) is 5.73 Å². The summed E-state index contributed by atoms with van der Waals surface area (Å²) in [6.07, 6.45) is -4.67. The van der Waals surface area contributed by atoms with Crippen LogP contribution in [-0.2, 0) is 0 Å². The lowest BCUT2D eigenvalue weighted by Gasteiger charge is -2.13. The van der Waals surface area contributed by atoms with Crippen molar-refractivity contribution in [3.05, 3.63) is 51.7 Å². The van der Waals surface area contributed by atoms with Crippen LogP contribution in [0.1, 0.15) is 22.0 Å². The summed E-state index contributed by atoms with van der Waals surface area (Å²) in [4.78, 5) is 1.00. The minimum absolute atomic E-state index is 0.244. The Kier molecular flexibility index (Phi) is 3.82. The van der Waals surface area contributed by atoms with Gasteiger partial charge < -0.3 is 10.5 Å². The first-order valence-electron chi connectivity index (χ1n) is 5.52. The van der Waals surface area contributed by atoms with Gasteiger partial charge in [-0.3, -0.25) is 0 Å². The van der Waals surface area contributed by atoms with Crippen LogP contribution < -0.4 is 10.5 Å². The van der Waals surface area contributed by atoms with Crippen molar-refractivity contribution >= 4 is 11.3 Å². The lowest BCUT2D eigenvalue weighted by atomic mass is 10.0. The molecule has 2 rings (SSSR count). The van der Waals surface area contributed by atoms with E-state index in [1.54, 1.807) is 12.1 Å². The molecule has 1 atom stereocenters. The Morgan fingerprint density at radius 1 is 1.16 bits per heavy atom. The monoisotopic (exact) mass is 287 g/mol. The standard InChI is InChI=1S/C13H12F3NOS/c1-8-6-7-19-12(8)11(17)9-2-4-10(5-3-9)18-13(14,15)16/h2-7,11H,17H2,1H3/t11-/m1/s1. The number of rotatable bonds is 3. The van der Waals surface area contributed by atoms with Crippen LogP contribution in [0.25, 0.3) is 0 Å². The SMILES string of the molecule is Cc1ccsc1[C@H](N)c1ccc(OC(F)(F)F)cc1. The maximum absolute atomic E-state index is 12.0. The van der Waals surface area contributed by atoms with Crippen molar-refractivity contribution in [1.82, 2.24) is 0 Å². The number of aryl methyl sites for hydroxylation is 1. The zero-order chi connectivity index (χ0) is 14.0. The van der Waals surface area contributed by atoms with Crippen molar-refractivity contribution in [3.63, 3.8) is 0 Å². The summed E-state index contributed by atoms with van der Waals surface area (Å²) in [5, 5.41) is 1.94. The molecule has 0 amide bonds. The van der Waals surface area contributed by atoms with Crippen LogP contribution in [0.3, 0.4) is 0 Å². The van der Waals surface area contributed by atoms with Gasteiger partial charge in [0.1, 0.15) is 5.75 Å². The van der Waals surface area contributed by atoms with Gasteiger partial charge in [-0.25, -0.2) is 0 Å².